The van der Waals surface area contributed by atoms with Crippen molar-refractivity contribution in [3.8, 4) is 0 Å². The topological polar surface area (TPSA) is 52.2 Å². The van der Waals surface area contributed by atoms with Crippen molar-refractivity contribution in [1.82, 2.24) is 14.9 Å². The first-order valence-electron chi connectivity index (χ1n) is 5.74. The van der Waals surface area contributed by atoms with Crippen LogP contribution in [0.3, 0.4) is 0 Å². The van der Waals surface area contributed by atoms with Crippen LogP contribution in [0.25, 0.3) is 0 Å². The van der Waals surface area contributed by atoms with Gasteiger partial charge in [0.25, 0.3) is 0 Å². The minimum Gasteiger partial charge on any atom is -0.394 e. The number of benzene rings is 1. The highest BCUT2D eigenvalue weighted by Gasteiger charge is 2.16. The summed E-state index contributed by atoms with van der Waals surface area (Å²) in [6.45, 7) is 0.804. The average Bonchev–Trinajstić information content (AvgIpc) is 2.83. The van der Waals surface area contributed by atoms with E-state index in [4.69, 9.17) is 0 Å². The fourth-order valence-corrected chi connectivity index (χ4v) is 2.38. The Kier molecular flexibility index (Phi) is 4.52. The van der Waals surface area contributed by atoms with Gasteiger partial charge in [0, 0.05) is 22.9 Å². The number of hydrogen-bond acceptors (Lipinski definition) is 3. The lowest BCUT2D eigenvalue weighted by Crippen LogP contribution is -2.27. The molecule has 0 saturated carbocycles. The number of aromatic nitrogens is 2. The van der Waals surface area contributed by atoms with Gasteiger partial charge < -0.3 is 10.1 Å². The van der Waals surface area contributed by atoms with E-state index in [-0.39, 0.29) is 12.6 Å². The first-order chi connectivity index (χ1) is 8.70. The molecule has 2 rings (SSSR count). The zero-order valence-corrected chi connectivity index (χ0v) is 11.8. The van der Waals surface area contributed by atoms with Crippen LogP contribution in [0.4, 0.5) is 0 Å². The van der Waals surface area contributed by atoms with Crippen LogP contribution in [-0.2, 0) is 6.54 Å². The van der Waals surface area contributed by atoms with Crippen molar-refractivity contribution in [2.24, 2.45) is 0 Å². The Balaban J connectivity index is 2.12. The summed E-state index contributed by atoms with van der Waals surface area (Å²) in [5.74, 6) is 0. The zero-order valence-electron chi connectivity index (χ0n) is 10.2. The van der Waals surface area contributed by atoms with Crippen molar-refractivity contribution in [1.29, 1.82) is 0 Å². The monoisotopic (exact) mass is 309 g/mol. The van der Waals surface area contributed by atoms with E-state index in [0.717, 1.165) is 22.3 Å². The summed E-state index contributed by atoms with van der Waals surface area (Å²) in [5.41, 5.74) is 2.12. The highest BCUT2D eigenvalue weighted by atomic mass is 79.9. The molecule has 0 aliphatic rings. The summed E-state index contributed by atoms with van der Waals surface area (Å²) in [7, 11) is 1.99. The van der Waals surface area contributed by atoms with Crippen LogP contribution in [0.15, 0.2) is 41.3 Å². The Labute approximate surface area is 115 Å². The van der Waals surface area contributed by atoms with Crippen LogP contribution in [0.2, 0.25) is 0 Å². The molecule has 1 aromatic carbocycles. The maximum atomic E-state index is 9.59. The van der Waals surface area contributed by atoms with E-state index in [0.29, 0.717) is 0 Å². The third kappa shape index (κ3) is 3.19. The Morgan fingerprint density at radius 3 is 2.94 bits per heavy atom. The second-order valence-electron chi connectivity index (χ2n) is 4.25. The molecule has 4 nitrogen and oxygen atoms in total. The minimum atomic E-state index is -0.0224. The molecule has 96 valence electrons. The van der Waals surface area contributed by atoms with Crippen molar-refractivity contribution in [2.75, 3.05) is 13.7 Å². The number of nitrogens with zero attached hydrogens (tertiary/aromatic N) is 2. The molecule has 2 N–H and O–H groups in total. The maximum absolute atomic E-state index is 9.59. The molecule has 1 atom stereocenters. The molecule has 18 heavy (non-hydrogen) atoms. The lowest BCUT2D eigenvalue weighted by molar-refractivity contribution is 0.141. The largest absolute Gasteiger partial charge is 0.394 e. The molecule has 1 unspecified atom stereocenters. The van der Waals surface area contributed by atoms with Crippen LogP contribution in [0.5, 0.6) is 0 Å². The summed E-state index contributed by atoms with van der Waals surface area (Å²) in [6.07, 6.45) is 3.46. The third-order valence-electron chi connectivity index (χ3n) is 2.91. The summed E-state index contributed by atoms with van der Waals surface area (Å²) in [4.78, 5) is 9.15. The number of likely N-dealkylation sites (N-methyl/N-ethyl adjacent to an activating group) is 1. The van der Waals surface area contributed by atoms with E-state index in [1.807, 2.05) is 31.3 Å². The van der Waals surface area contributed by atoms with E-state index in [9.17, 15) is 5.11 Å². The van der Waals surface area contributed by atoms with E-state index < -0.39 is 0 Å². The van der Waals surface area contributed by atoms with Gasteiger partial charge in [-0.1, -0.05) is 28.1 Å². The Bertz CT molecular complexity index is 487. The minimum absolute atomic E-state index is 0.0224. The number of halogens is 1. The van der Waals surface area contributed by atoms with E-state index in [1.165, 1.54) is 0 Å². The van der Waals surface area contributed by atoms with Gasteiger partial charge in [-0.25, -0.2) is 4.98 Å². The van der Waals surface area contributed by atoms with Crippen molar-refractivity contribution in [3.05, 3.63) is 52.5 Å². The maximum Gasteiger partial charge on any atom is 0.0922 e. The Morgan fingerprint density at radius 1 is 1.50 bits per heavy atom. The smallest absolute Gasteiger partial charge is 0.0922 e. The van der Waals surface area contributed by atoms with Crippen LogP contribution >= 0.6 is 15.9 Å². The molecule has 0 bridgehead atoms. The predicted octanol–water partition coefficient (Wildman–Crippen LogP) is 2.34. The lowest BCUT2D eigenvalue weighted by Gasteiger charge is -2.26. The molecule has 1 heterocycles. The number of aromatic amines is 1. The first kappa shape index (κ1) is 13.3. The average molecular weight is 310 g/mol. The number of aliphatic hydroxyl groups is 1. The van der Waals surface area contributed by atoms with Gasteiger partial charge in [-0.05, 0) is 24.7 Å². The molecule has 0 radical (unpaired) electrons. The molecule has 0 spiro atoms. The zero-order chi connectivity index (χ0) is 13.0. The molecule has 5 heteroatoms. The van der Waals surface area contributed by atoms with E-state index in [2.05, 4.69) is 30.8 Å². The molecule has 0 saturated heterocycles. The number of H-pyrrole nitrogens is 1. The van der Waals surface area contributed by atoms with Crippen LogP contribution in [0, 0.1) is 0 Å². The van der Waals surface area contributed by atoms with Gasteiger partial charge in [0.15, 0.2) is 0 Å². The number of aliphatic hydroxyl groups excluding tert-OH is 1. The van der Waals surface area contributed by atoms with Gasteiger partial charge in [-0.15, -0.1) is 0 Å². The predicted molar refractivity (Wildman–Crippen MR) is 74.0 cm³/mol. The summed E-state index contributed by atoms with van der Waals surface area (Å²) < 4.78 is 1.02. The Morgan fingerprint density at radius 2 is 2.33 bits per heavy atom. The van der Waals surface area contributed by atoms with E-state index in [1.54, 1.807) is 12.5 Å². The summed E-state index contributed by atoms with van der Waals surface area (Å²) >= 11 is 3.45. The molecule has 0 aliphatic carbocycles. The number of imidazole rings is 1. The highest BCUT2D eigenvalue weighted by molar-refractivity contribution is 9.10. The van der Waals surface area contributed by atoms with Gasteiger partial charge >= 0.3 is 0 Å². The number of hydrogen-bond donors (Lipinski definition) is 2. The summed E-state index contributed by atoms with van der Waals surface area (Å²) in [6, 6.07) is 7.99. The van der Waals surface area contributed by atoms with Gasteiger partial charge in [-0.3, -0.25) is 4.90 Å². The molecular weight excluding hydrogens is 294 g/mol. The van der Waals surface area contributed by atoms with Gasteiger partial charge in [-0.2, -0.15) is 0 Å². The third-order valence-corrected chi connectivity index (χ3v) is 3.41. The van der Waals surface area contributed by atoms with Crippen LogP contribution in [0.1, 0.15) is 17.3 Å². The van der Waals surface area contributed by atoms with E-state index >= 15 is 0 Å². The van der Waals surface area contributed by atoms with Gasteiger partial charge in [0.1, 0.15) is 0 Å². The lowest BCUT2D eigenvalue weighted by atomic mass is 10.1. The number of nitrogens with one attached hydrogen (secondary N) is 1. The highest BCUT2D eigenvalue weighted by Crippen LogP contribution is 2.23. The van der Waals surface area contributed by atoms with Crippen molar-refractivity contribution in [3.63, 3.8) is 0 Å². The standard InChI is InChI=1S/C13H16BrN3O/c1-17(7-12-6-15-9-16-12)13(8-18)10-3-2-4-11(14)5-10/h2-6,9,13,18H,7-8H2,1H3,(H,15,16). The first-order valence-corrected chi connectivity index (χ1v) is 6.54. The Hall–Kier alpha value is -1.17. The molecule has 0 amide bonds. The van der Waals surface area contributed by atoms with Crippen molar-refractivity contribution < 1.29 is 5.11 Å². The second kappa shape index (κ2) is 6.13. The fourth-order valence-electron chi connectivity index (χ4n) is 1.96. The van der Waals surface area contributed by atoms with Gasteiger partial charge in [0.2, 0.25) is 0 Å². The van der Waals surface area contributed by atoms with Crippen LogP contribution in [-0.4, -0.2) is 33.6 Å². The van der Waals surface area contributed by atoms with Crippen molar-refractivity contribution in [2.45, 2.75) is 12.6 Å². The van der Waals surface area contributed by atoms with Crippen molar-refractivity contribution >= 4 is 15.9 Å². The molecular formula is C13H16BrN3O. The molecule has 1 aromatic heterocycles. The fraction of sp³-hybridized carbons (Fsp3) is 0.308. The second-order valence-corrected chi connectivity index (χ2v) is 5.16. The SMILES string of the molecule is CN(Cc1cnc[nH]1)C(CO)c1cccc(Br)c1. The molecule has 2 aromatic rings. The normalized spacial score (nSPS) is 12.9. The quantitative estimate of drug-likeness (QED) is 0.891. The van der Waals surface area contributed by atoms with Gasteiger partial charge in [0.05, 0.1) is 19.0 Å². The molecule has 0 aliphatic heterocycles. The van der Waals surface area contributed by atoms with Crippen LogP contribution < -0.4 is 0 Å². The molecule has 0 fully saturated rings. The number of rotatable bonds is 5. The summed E-state index contributed by atoms with van der Waals surface area (Å²) in [5, 5.41) is 9.59.